The number of carbonyl (C=O) groups is 4. The van der Waals surface area contributed by atoms with Gasteiger partial charge in [0.15, 0.2) is 0 Å². The van der Waals surface area contributed by atoms with Gasteiger partial charge in [-0.05, 0) is 25.4 Å². The molecule has 3 amide bonds. The molecule has 0 fully saturated rings. The highest BCUT2D eigenvalue weighted by atomic mass is 32.2. The number of carbonyl (C=O) groups excluding carboxylic acids is 3. The predicted octanol–water partition coefficient (Wildman–Crippen LogP) is -3.39. The van der Waals surface area contributed by atoms with Crippen LogP contribution in [-0.2, 0) is 19.2 Å². The molecule has 0 saturated carbocycles. The molecule has 0 radical (unpaired) electrons. The fourth-order valence-electron chi connectivity index (χ4n) is 1.69. The zero-order chi connectivity index (χ0) is 20.3. The minimum absolute atomic E-state index is 0.377. The fourth-order valence-corrected chi connectivity index (χ4v) is 2.18. The van der Waals surface area contributed by atoms with Crippen molar-refractivity contribution in [2.75, 3.05) is 25.2 Å². The summed E-state index contributed by atoms with van der Waals surface area (Å²) in [6.07, 6.45) is 2.22. The van der Waals surface area contributed by atoms with Crippen LogP contribution in [0, 0.1) is 0 Å². The number of aliphatic hydroxyl groups excluding tert-OH is 2. The van der Waals surface area contributed by atoms with Crippen LogP contribution in [0.2, 0.25) is 0 Å². The standard InChI is InChI=1S/C14H26N4O7S/c1-7(14(24)25)16-12(22)9(5-19)18-13(23)10(6-20)17-11(21)8(15)3-4-26-2/h7-10,19-20H,3-6,15H2,1-2H3,(H,16,22)(H,17,21)(H,18,23)(H,24,25). The second kappa shape index (κ2) is 12.5. The number of amides is 3. The van der Waals surface area contributed by atoms with E-state index in [9.17, 15) is 29.4 Å². The van der Waals surface area contributed by atoms with Crippen LogP contribution in [0.4, 0.5) is 0 Å². The van der Waals surface area contributed by atoms with Crippen molar-refractivity contribution in [1.29, 1.82) is 0 Å². The first kappa shape index (κ1) is 24.1. The quantitative estimate of drug-likeness (QED) is 0.177. The molecule has 4 atom stereocenters. The summed E-state index contributed by atoms with van der Waals surface area (Å²) in [5.41, 5.74) is 5.67. The van der Waals surface area contributed by atoms with Gasteiger partial charge in [0.05, 0.1) is 19.3 Å². The Bertz CT molecular complexity index is 506. The first-order valence-electron chi connectivity index (χ1n) is 7.78. The van der Waals surface area contributed by atoms with Gasteiger partial charge >= 0.3 is 5.97 Å². The topological polar surface area (TPSA) is 191 Å². The maximum Gasteiger partial charge on any atom is 0.325 e. The predicted molar refractivity (Wildman–Crippen MR) is 94.2 cm³/mol. The van der Waals surface area contributed by atoms with Gasteiger partial charge in [-0.15, -0.1) is 0 Å². The van der Waals surface area contributed by atoms with E-state index in [0.29, 0.717) is 12.2 Å². The number of aliphatic hydroxyl groups is 2. The van der Waals surface area contributed by atoms with Crippen molar-refractivity contribution in [2.24, 2.45) is 5.73 Å². The first-order valence-corrected chi connectivity index (χ1v) is 9.17. The molecule has 0 spiro atoms. The van der Waals surface area contributed by atoms with Crippen LogP contribution in [0.15, 0.2) is 0 Å². The Labute approximate surface area is 155 Å². The lowest BCUT2D eigenvalue weighted by Gasteiger charge is -2.22. The van der Waals surface area contributed by atoms with Crippen molar-refractivity contribution in [3.8, 4) is 0 Å². The molecule has 0 aromatic heterocycles. The average molecular weight is 394 g/mol. The molecule has 12 heteroatoms. The molecule has 150 valence electrons. The summed E-state index contributed by atoms with van der Waals surface area (Å²) >= 11 is 1.50. The third-order valence-electron chi connectivity index (χ3n) is 3.33. The highest BCUT2D eigenvalue weighted by molar-refractivity contribution is 7.98. The van der Waals surface area contributed by atoms with Crippen LogP contribution >= 0.6 is 11.8 Å². The molecule has 0 aliphatic rings. The summed E-state index contributed by atoms with van der Waals surface area (Å²) < 4.78 is 0. The van der Waals surface area contributed by atoms with Crippen LogP contribution in [-0.4, -0.2) is 88.4 Å². The second-order valence-electron chi connectivity index (χ2n) is 5.44. The smallest absolute Gasteiger partial charge is 0.325 e. The maximum atomic E-state index is 12.1. The third kappa shape index (κ3) is 8.47. The fraction of sp³-hybridized carbons (Fsp3) is 0.714. The highest BCUT2D eigenvalue weighted by Gasteiger charge is 2.28. The number of carboxylic acids is 1. The minimum Gasteiger partial charge on any atom is -0.480 e. The lowest BCUT2D eigenvalue weighted by molar-refractivity contribution is -0.142. The van der Waals surface area contributed by atoms with Crippen molar-refractivity contribution in [3.63, 3.8) is 0 Å². The summed E-state index contributed by atoms with van der Waals surface area (Å²) in [6, 6.07) is -4.91. The van der Waals surface area contributed by atoms with Gasteiger partial charge in [-0.3, -0.25) is 19.2 Å². The Morgan fingerprint density at radius 3 is 1.85 bits per heavy atom. The van der Waals surface area contributed by atoms with E-state index in [-0.39, 0.29) is 0 Å². The molecule has 8 N–H and O–H groups in total. The molecular weight excluding hydrogens is 368 g/mol. The van der Waals surface area contributed by atoms with E-state index in [1.165, 1.54) is 18.7 Å². The zero-order valence-corrected chi connectivity index (χ0v) is 15.4. The van der Waals surface area contributed by atoms with E-state index in [1.54, 1.807) is 0 Å². The minimum atomic E-state index is -1.44. The van der Waals surface area contributed by atoms with Gasteiger partial charge in [0.1, 0.15) is 18.1 Å². The van der Waals surface area contributed by atoms with E-state index in [0.717, 1.165) is 0 Å². The van der Waals surface area contributed by atoms with E-state index in [2.05, 4.69) is 16.0 Å². The summed E-state index contributed by atoms with van der Waals surface area (Å²) in [6.45, 7) is -0.343. The number of hydrogen-bond donors (Lipinski definition) is 7. The lowest BCUT2D eigenvalue weighted by atomic mass is 10.2. The molecule has 0 saturated heterocycles. The third-order valence-corrected chi connectivity index (χ3v) is 3.97. The summed E-state index contributed by atoms with van der Waals surface area (Å²) in [5.74, 6) is -3.14. The van der Waals surface area contributed by atoms with Crippen LogP contribution in [0.3, 0.4) is 0 Å². The maximum absolute atomic E-state index is 12.1. The lowest BCUT2D eigenvalue weighted by Crippen LogP contribution is -2.58. The van der Waals surface area contributed by atoms with Crippen molar-refractivity contribution in [2.45, 2.75) is 37.5 Å². The van der Waals surface area contributed by atoms with E-state index >= 15 is 0 Å². The number of hydrogen-bond acceptors (Lipinski definition) is 8. The molecule has 4 unspecified atom stereocenters. The second-order valence-corrected chi connectivity index (χ2v) is 6.43. The van der Waals surface area contributed by atoms with E-state index in [1.807, 2.05) is 6.26 Å². The molecule has 11 nitrogen and oxygen atoms in total. The Balaban J connectivity index is 4.77. The van der Waals surface area contributed by atoms with Crippen LogP contribution in [0.5, 0.6) is 0 Å². The van der Waals surface area contributed by atoms with Crippen molar-refractivity contribution >= 4 is 35.5 Å². The van der Waals surface area contributed by atoms with Crippen molar-refractivity contribution in [1.82, 2.24) is 16.0 Å². The number of nitrogens with two attached hydrogens (primary N) is 1. The van der Waals surface area contributed by atoms with Gasteiger partial charge in [0.25, 0.3) is 0 Å². The van der Waals surface area contributed by atoms with Crippen molar-refractivity contribution in [3.05, 3.63) is 0 Å². The first-order chi connectivity index (χ1) is 12.2. The molecule has 0 heterocycles. The average Bonchev–Trinajstić information content (AvgIpc) is 2.60. The molecule has 0 aromatic rings. The molecular formula is C14H26N4O7S. The zero-order valence-electron chi connectivity index (χ0n) is 14.6. The highest BCUT2D eigenvalue weighted by Crippen LogP contribution is 1.99. The Morgan fingerprint density at radius 2 is 1.42 bits per heavy atom. The summed E-state index contributed by atoms with van der Waals surface area (Å²) in [4.78, 5) is 46.6. The van der Waals surface area contributed by atoms with E-state index < -0.39 is 61.1 Å². The van der Waals surface area contributed by atoms with Gasteiger partial charge in [0, 0.05) is 0 Å². The largest absolute Gasteiger partial charge is 0.480 e. The normalized spacial score (nSPS) is 15.3. The van der Waals surface area contributed by atoms with Gasteiger partial charge < -0.3 is 37.0 Å². The van der Waals surface area contributed by atoms with Gasteiger partial charge in [-0.1, -0.05) is 0 Å². The van der Waals surface area contributed by atoms with Crippen molar-refractivity contribution < 1.29 is 34.5 Å². The SMILES string of the molecule is CSCCC(N)C(=O)NC(CO)C(=O)NC(CO)C(=O)NC(C)C(=O)O. The summed E-state index contributed by atoms with van der Waals surface area (Å²) in [5, 5.41) is 33.7. The number of nitrogens with one attached hydrogen (secondary N) is 3. The summed E-state index contributed by atoms with van der Waals surface area (Å²) in [7, 11) is 0. The number of rotatable bonds is 12. The van der Waals surface area contributed by atoms with Crippen LogP contribution < -0.4 is 21.7 Å². The van der Waals surface area contributed by atoms with Gasteiger partial charge in [-0.25, -0.2) is 0 Å². The Hall–Kier alpha value is -1.89. The molecule has 0 rings (SSSR count). The molecule has 0 bridgehead atoms. The number of thioether (sulfide) groups is 1. The van der Waals surface area contributed by atoms with Gasteiger partial charge in [0.2, 0.25) is 17.7 Å². The monoisotopic (exact) mass is 394 g/mol. The number of aliphatic carboxylic acids is 1. The molecule has 0 aromatic carbocycles. The Kier molecular flexibility index (Phi) is 11.6. The Morgan fingerprint density at radius 1 is 0.962 bits per heavy atom. The van der Waals surface area contributed by atoms with Crippen LogP contribution in [0.25, 0.3) is 0 Å². The molecule has 0 aliphatic carbocycles. The molecule has 26 heavy (non-hydrogen) atoms. The molecule has 0 aliphatic heterocycles. The van der Waals surface area contributed by atoms with Crippen LogP contribution in [0.1, 0.15) is 13.3 Å². The van der Waals surface area contributed by atoms with E-state index in [4.69, 9.17) is 10.8 Å². The van der Waals surface area contributed by atoms with Gasteiger partial charge in [-0.2, -0.15) is 11.8 Å². The number of carboxylic acid groups (broad SMARTS) is 1.